The van der Waals surface area contributed by atoms with E-state index in [2.05, 4.69) is 24.3 Å². The van der Waals surface area contributed by atoms with E-state index in [0.29, 0.717) is 5.69 Å². The Morgan fingerprint density at radius 1 is 0.839 bits per heavy atom. The molecule has 3 aromatic carbocycles. The van der Waals surface area contributed by atoms with Gasteiger partial charge in [-0.25, -0.2) is 4.90 Å². The molecule has 1 fully saturated rings. The van der Waals surface area contributed by atoms with E-state index in [-0.39, 0.29) is 29.2 Å². The van der Waals surface area contributed by atoms with E-state index in [1.54, 1.807) is 0 Å². The molecule has 5 nitrogen and oxygen atoms in total. The lowest BCUT2D eigenvalue weighted by atomic mass is 9.48. The second-order valence-electron chi connectivity index (χ2n) is 8.74. The lowest BCUT2D eigenvalue weighted by molar-refractivity contribution is -0.255. The molecule has 0 spiro atoms. The van der Waals surface area contributed by atoms with Crippen LogP contribution in [0.3, 0.4) is 0 Å². The van der Waals surface area contributed by atoms with Crippen LogP contribution in [0.4, 0.5) is 5.69 Å². The van der Waals surface area contributed by atoms with Crippen molar-refractivity contribution in [2.45, 2.75) is 18.8 Å². The molecule has 31 heavy (non-hydrogen) atoms. The Bertz CT molecular complexity index is 1250. The van der Waals surface area contributed by atoms with Crippen molar-refractivity contribution in [3.8, 4) is 0 Å². The van der Waals surface area contributed by atoms with Gasteiger partial charge in [0, 0.05) is 11.8 Å². The second kappa shape index (κ2) is 5.91. The van der Waals surface area contributed by atoms with E-state index in [0.717, 1.165) is 22.3 Å². The Hall–Kier alpha value is -3.73. The summed E-state index contributed by atoms with van der Waals surface area (Å²) in [7, 11) is 0. The molecule has 3 aliphatic carbocycles. The molecule has 152 valence electrons. The SMILES string of the molecule is C[C@]12C(=O)N(c3ccc(C(=O)[O-])cc3)C(=O)[C@H]1C1c3ccccc3C2c2ccccc21. The highest BCUT2D eigenvalue weighted by molar-refractivity contribution is 6.25. The van der Waals surface area contributed by atoms with E-state index in [9.17, 15) is 19.5 Å². The van der Waals surface area contributed by atoms with Gasteiger partial charge in [0.25, 0.3) is 0 Å². The number of aromatic carboxylic acids is 1. The largest absolute Gasteiger partial charge is 0.545 e. The van der Waals surface area contributed by atoms with Crippen molar-refractivity contribution < 1.29 is 19.5 Å². The molecule has 0 N–H and O–H groups in total. The molecule has 2 amide bonds. The lowest BCUT2D eigenvalue weighted by Gasteiger charge is -2.51. The van der Waals surface area contributed by atoms with E-state index >= 15 is 0 Å². The maximum absolute atomic E-state index is 13.9. The van der Waals surface area contributed by atoms with Crippen LogP contribution in [-0.4, -0.2) is 17.8 Å². The Morgan fingerprint density at radius 2 is 1.35 bits per heavy atom. The molecule has 0 radical (unpaired) electrons. The van der Waals surface area contributed by atoms with Crippen LogP contribution in [0, 0.1) is 11.3 Å². The summed E-state index contributed by atoms with van der Waals surface area (Å²) in [6, 6.07) is 22.0. The van der Waals surface area contributed by atoms with Crippen molar-refractivity contribution in [2.75, 3.05) is 4.90 Å². The maximum atomic E-state index is 13.9. The summed E-state index contributed by atoms with van der Waals surface area (Å²) < 4.78 is 0. The molecule has 7 rings (SSSR count). The molecule has 5 heteroatoms. The van der Waals surface area contributed by atoms with E-state index < -0.39 is 17.3 Å². The Labute approximate surface area is 178 Å². The van der Waals surface area contributed by atoms with Crippen molar-refractivity contribution in [3.63, 3.8) is 0 Å². The molecular weight excluding hydrogens is 390 g/mol. The molecule has 3 aromatic rings. The average molecular weight is 408 g/mol. The van der Waals surface area contributed by atoms with Gasteiger partial charge in [0.1, 0.15) is 0 Å². The number of carboxylic acid groups (broad SMARTS) is 1. The normalized spacial score (nSPS) is 27.6. The van der Waals surface area contributed by atoms with Gasteiger partial charge in [-0.3, -0.25) is 9.59 Å². The van der Waals surface area contributed by atoms with Gasteiger partial charge in [-0.1, -0.05) is 60.7 Å². The summed E-state index contributed by atoms with van der Waals surface area (Å²) in [5.74, 6) is -2.66. The average Bonchev–Trinajstić information content (AvgIpc) is 2.99. The van der Waals surface area contributed by atoms with E-state index in [4.69, 9.17) is 0 Å². The first kappa shape index (κ1) is 18.1. The molecule has 1 aliphatic heterocycles. The van der Waals surface area contributed by atoms with Gasteiger partial charge in [0.05, 0.1) is 23.0 Å². The molecule has 0 unspecified atom stereocenters. The predicted octanol–water partition coefficient (Wildman–Crippen LogP) is 2.84. The highest BCUT2D eigenvalue weighted by Gasteiger charge is 2.68. The van der Waals surface area contributed by atoms with Gasteiger partial charge in [0.15, 0.2) is 0 Å². The van der Waals surface area contributed by atoms with Crippen LogP contribution in [0.2, 0.25) is 0 Å². The monoisotopic (exact) mass is 408 g/mol. The highest BCUT2D eigenvalue weighted by Crippen LogP contribution is 2.67. The number of carboxylic acids is 1. The van der Waals surface area contributed by atoms with Crippen LogP contribution >= 0.6 is 0 Å². The van der Waals surface area contributed by atoms with E-state index in [1.807, 2.05) is 31.2 Å². The smallest absolute Gasteiger partial charge is 0.241 e. The van der Waals surface area contributed by atoms with E-state index in [1.165, 1.54) is 29.2 Å². The van der Waals surface area contributed by atoms with Crippen molar-refractivity contribution >= 4 is 23.5 Å². The fraction of sp³-hybridized carbons (Fsp3) is 0.192. The summed E-state index contributed by atoms with van der Waals surface area (Å²) in [5, 5.41) is 11.1. The summed E-state index contributed by atoms with van der Waals surface area (Å²) >= 11 is 0. The number of benzene rings is 3. The summed E-state index contributed by atoms with van der Waals surface area (Å²) in [6.45, 7) is 1.91. The number of hydrogen-bond acceptors (Lipinski definition) is 4. The highest BCUT2D eigenvalue weighted by atomic mass is 16.4. The van der Waals surface area contributed by atoms with Crippen LogP contribution < -0.4 is 10.0 Å². The van der Waals surface area contributed by atoms with Crippen molar-refractivity contribution in [3.05, 3.63) is 101 Å². The minimum atomic E-state index is -1.30. The fourth-order valence-electron chi connectivity index (χ4n) is 6.11. The third-order valence-electron chi connectivity index (χ3n) is 7.37. The standard InChI is InChI=1S/C26H19NO4/c1-26-21-18-8-4-2-6-16(18)20(17-7-3-5-9-19(17)21)22(26)23(28)27(25(26)31)15-12-10-14(11-13-15)24(29)30/h2-13,20-22H,1H3,(H,29,30)/p-1/t20?,21?,22-,26-/m1/s1. The zero-order valence-electron chi connectivity index (χ0n) is 16.7. The van der Waals surface area contributed by atoms with Crippen LogP contribution in [-0.2, 0) is 9.59 Å². The first-order chi connectivity index (χ1) is 14.9. The zero-order valence-corrected chi connectivity index (χ0v) is 16.7. The predicted molar refractivity (Wildman–Crippen MR) is 111 cm³/mol. The van der Waals surface area contributed by atoms with Crippen molar-refractivity contribution in [1.29, 1.82) is 0 Å². The molecule has 2 atom stereocenters. The Balaban J connectivity index is 1.56. The van der Waals surface area contributed by atoms with Gasteiger partial charge >= 0.3 is 0 Å². The molecular formula is C26H18NO4-. The number of rotatable bonds is 2. The topological polar surface area (TPSA) is 77.5 Å². The molecule has 0 aromatic heterocycles. The number of carbonyl (C=O) groups excluding carboxylic acids is 3. The van der Waals surface area contributed by atoms with Crippen LogP contribution in [0.25, 0.3) is 0 Å². The third-order valence-corrected chi connectivity index (χ3v) is 7.37. The number of hydrogen-bond donors (Lipinski definition) is 0. The lowest BCUT2D eigenvalue weighted by Crippen LogP contribution is -2.49. The summed E-state index contributed by atoms with van der Waals surface area (Å²) in [5.41, 5.74) is 3.94. The summed E-state index contributed by atoms with van der Waals surface area (Å²) in [4.78, 5) is 40.0. The number of amides is 2. The Kier molecular flexibility index (Phi) is 3.45. The number of imide groups is 1. The third kappa shape index (κ3) is 2.08. The van der Waals surface area contributed by atoms with Gasteiger partial charge < -0.3 is 9.90 Å². The van der Waals surface area contributed by atoms with Gasteiger partial charge in [0.2, 0.25) is 11.8 Å². The van der Waals surface area contributed by atoms with Crippen molar-refractivity contribution in [2.24, 2.45) is 11.3 Å². The van der Waals surface area contributed by atoms with Gasteiger partial charge in [-0.05, 0) is 46.9 Å². The quantitative estimate of drug-likeness (QED) is 0.611. The Morgan fingerprint density at radius 3 is 1.87 bits per heavy atom. The molecule has 0 saturated carbocycles. The van der Waals surface area contributed by atoms with Gasteiger partial charge in [-0.2, -0.15) is 0 Å². The summed E-state index contributed by atoms with van der Waals surface area (Å²) in [6.07, 6.45) is 0. The molecule has 4 aliphatic rings. The van der Waals surface area contributed by atoms with Gasteiger partial charge in [-0.15, -0.1) is 0 Å². The van der Waals surface area contributed by atoms with Crippen LogP contribution in [0.1, 0.15) is 51.4 Å². The van der Waals surface area contributed by atoms with Crippen LogP contribution in [0.15, 0.2) is 72.8 Å². The first-order valence-corrected chi connectivity index (χ1v) is 10.3. The molecule has 1 saturated heterocycles. The fourth-order valence-corrected chi connectivity index (χ4v) is 6.11. The molecule has 1 heterocycles. The maximum Gasteiger partial charge on any atom is 0.241 e. The van der Waals surface area contributed by atoms with Crippen LogP contribution in [0.5, 0.6) is 0 Å². The van der Waals surface area contributed by atoms with Crippen molar-refractivity contribution in [1.82, 2.24) is 0 Å². The first-order valence-electron chi connectivity index (χ1n) is 10.3. The number of nitrogens with zero attached hydrogens (tertiary/aromatic N) is 1. The molecule has 2 bridgehead atoms. The zero-order chi connectivity index (χ0) is 21.5. The second-order valence-corrected chi connectivity index (χ2v) is 8.74. The minimum Gasteiger partial charge on any atom is -0.545 e. The number of carbonyl (C=O) groups is 3. The number of anilines is 1. The minimum absolute atomic E-state index is 0.00588.